The Morgan fingerprint density at radius 3 is 2.36 bits per heavy atom. The van der Waals surface area contributed by atoms with Crippen LogP contribution in [0.25, 0.3) is 10.8 Å². The first-order valence-corrected chi connectivity index (χ1v) is 14.0. The highest BCUT2D eigenvalue weighted by atomic mass is 32.2. The predicted molar refractivity (Wildman–Crippen MR) is 148 cm³/mol. The first-order valence-electron chi connectivity index (χ1n) is 12.1. The smallest absolute Gasteiger partial charge is 0.251 e. The third-order valence-corrected chi connectivity index (χ3v) is 7.49. The lowest BCUT2D eigenvalue weighted by atomic mass is 10.0. The Morgan fingerprint density at radius 1 is 0.889 bits per heavy atom. The molecule has 4 rings (SSSR count). The van der Waals surface area contributed by atoms with Crippen LogP contribution < -0.4 is 9.62 Å². The van der Waals surface area contributed by atoms with E-state index in [1.165, 1.54) is 26.9 Å². The Labute approximate surface area is 213 Å². The van der Waals surface area contributed by atoms with Gasteiger partial charge in [-0.05, 0) is 77.9 Å². The van der Waals surface area contributed by atoms with E-state index in [4.69, 9.17) is 0 Å². The third-order valence-electron chi connectivity index (χ3n) is 6.36. The van der Waals surface area contributed by atoms with E-state index in [-0.39, 0.29) is 12.5 Å². The summed E-state index contributed by atoms with van der Waals surface area (Å²) in [4.78, 5) is 12.6. The molecule has 0 bridgehead atoms. The Morgan fingerprint density at radius 2 is 1.61 bits per heavy atom. The molecule has 0 aliphatic carbocycles. The molecule has 1 amide bonds. The summed E-state index contributed by atoms with van der Waals surface area (Å²) in [7, 11) is -3.48. The van der Waals surface area contributed by atoms with Gasteiger partial charge < -0.3 is 5.32 Å². The van der Waals surface area contributed by atoms with Crippen LogP contribution in [0.4, 0.5) is 5.69 Å². The topological polar surface area (TPSA) is 66.5 Å². The molecular formula is C30H32N2O3S. The Hall–Kier alpha value is -3.64. The average Bonchev–Trinajstić information content (AvgIpc) is 2.86. The van der Waals surface area contributed by atoms with Crippen molar-refractivity contribution in [3.63, 3.8) is 0 Å². The van der Waals surface area contributed by atoms with E-state index in [1.807, 2.05) is 50.2 Å². The number of carbonyl (C=O) groups excluding carboxylic acids is 1. The van der Waals surface area contributed by atoms with E-state index in [1.54, 1.807) is 12.1 Å². The van der Waals surface area contributed by atoms with Crippen molar-refractivity contribution in [1.82, 2.24) is 5.32 Å². The van der Waals surface area contributed by atoms with E-state index in [9.17, 15) is 13.2 Å². The molecule has 0 saturated heterocycles. The summed E-state index contributed by atoms with van der Waals surface area (Å²) in [6, 6.07) is 27.6. The highest BCUT2D eigenvalue weighted by Crippen LogP contribution is 2.26. The number of fused-ring (bicyclic) bond motifs is 1. The highest BCUT2D eigenvalue weighted by molar-refractivity contribution is 7.92. The fraction of sp³-hybridized carbons (Fsp3) is 0.233. The number of amides is 1. The minimum Gasteiger partial charge on any atom is -0.352 e. The standard InChI is InChI=1S/C30H32N2O3S/c1-22-13-14-23(2)29(20-22)32(36(3,34)35)21-24-15-17-27(18-16-24)30(33)31-19-7-11-26-10-6-9-25-8-4-5-12-28(25)26/h4-6,8-10,12-18,20H,7,11,19,21H2,1-3H3,(H,31,33). The van der Waals surface area contributed by atoms with Crippen molar-refractivity contribution >= 4 is 32.4 Å². The number of hydrogen-bond donors (Lipinski definition) is 1. The van der Waals surface area contributed by atoms with Gasteiger partial charge in [-0.1, -0.05) is 66.7 Å². The molecule has 0 saturated carbocycles. The molecule has 1 N–H and O–H groups in total. The second-order valence-electron chi connectivity index (χ2n) is 9.25. The van der Waals surface area contributed by atoms with Gasteiger partial charge in [-0.15, -0.1) is 0 Å². The largest absolute Gasteiger partial charge is 0.352 e. The molecular weight excluding hydrogens is 468 g/mol. The van der Waals surface area contributed by atoms with E-state index in [0.717, 1.165) is 29.5 Å². The van der Waals surface area contributed by atoms with Gasteiger partial charge in [0.25, 0.3) is 5.91 Å². The molecule has 0 aliphatic heterocycles. The molecule has 0 fully saturated rings. The van der Waals surface area contributed by atoms with Gasteiger partial charge in [0.1, 0.15) is 0 Å². The molecule has 4 aromatic rings. The summed E-state index contributed by atoms with van der Waals surface area (Å²) in [5.41, 5.74) is 5.22. The predicted octanol–water partition coefficient (Wildman–Crippen LogP) is 5.79. The van der Waals surface area contributed by atoms with Crippen molar-refractivity contribution in [2.45, 2.75) is 33.2 Å². The van der Waals surface area contributed by atoms with Crippen LogP contribution in [-0.4, -0.2) is 27.1 Å². The van der Waals surface area contributed by atoms with Gasteiger partial charge in [0.2, 0.25) is 10.0 Å². The summed E-state index contributed by atoms with van der Waals surface area (Å²) < 4.78 is 26.5. The maximum atomic E-state index is 12.6. The van der Waals surface area contributed by atoms with E-state index < -0.39 is 10.0 Å². The molecule has 0 aromatic heterocycles. The van der Waals surface area contributed by atoms with Crippen LogP contribution in [0.3, 0.4) is 0 Å². The minimum atomic E-state index is -3.48. The summed E-state index contributed by atoms with van der Waals surface area (Å²) >= 11 is 0. The highest BCUT2D eigenvalue weighted by Gasteiger charge is 2.20. The van der Waals surface area contributed by atoms with Crippen molar-refractivity contribution in [2.24, 2.45) is 0 Å². The quantitative estimate of drug-likeness (QED) is 0.296. The second-order valence-corrected chi connectivity index (χ2v) is 11.2. The number of carbonyl (C=O) groups is 1. The van der Waals surface area contributed by atoms with Crippen LogP contribution in [0.5, 0.6) is 0 Å². The number of nitrogens with one attached hydrogen (secondary N) is 1. The lowest BCUT2D eigenvalue weighted by Gasteiger charge is -2.25. The second kappa shape index (κ2) is 11.0. The maximum Gasteiger partial charge on any atom is 0.251 e. The lowest BCUT2D eigenvalue weighted by Crippen LogP contribution is -2.30. The first-order chi connectivity index (χ1) is 17.2. The molecule has 4 aromatic carbocycles. The molecule has 6 heteroatoms. The number of sulfonamides is 1. The Bertz CT molecular complexity index is 1470. The van der Waals surface area contributed by atoms with Crippen molar-refractivity contribution in [3.05, 3.63) is 113 Å². The summed E-state index contributed by atoms with van der Waals surface area (Å²) in [6.07, 6.45) is 2.95. The van der Waals surface area contributed by atoms with Gasteiger partial charge in [0.05, 0.1) is 18.5 Å². The van der Waals surface area contributed by atoms with Gasteiger partial charge in [0.15, 0.2) is 0 Å². The summed E-state index contributed by atoms with van der Waals surface area (Å²) in [5, 5.41) is 5.48. The van der Waals surface area contributed by atoms with Crippen molar-refractivity contribution in [3.8, 4) is 0 Å². The zero-order valence-corrected chi connectivity index (χ0v) is 21.8. The van der Waals surface area contributed by atoms with Gasteiger partial charge in [-0.3, -0.25) is 9.10 Å². The molecule has 36 heavy (non-hydrogen) atoms. The van der Waals surface area contributed by atoms with Crippen LogP contribution in [-0.2, 0) is 23.0 Å². The van der Waals surface area contributed by atoms with Crippen molar-refractivity contribution in [1.29, 1.82) is 0 Å². The number of hydrogen-bond acceptors (Lipinski definition) is 3. The minimum absolute atomic E-state index is 0.131. The van der Waals surface area contributed by atoms with Gasteiger partial charge in [-0.25, -0.2) is 8.42 Å². The van der Waals surface area contributed by atoms with Crippen molar-refractivity contribution in [2.75, 3.05) is 17.1 Å². The maximum absolute atomic E-state index is 12.6. The molecule has 0 aliphatic rings. The van der Waals surface area contributed by atoms with Gasteiger partial charge in [-0.2, -0.15) is 0 Å². The first kappa shape index (κ1) is 25.5. The fourth-order valence-corrected chi connectivity index (χ4v) is 5.33. The Balaban J connectivity index is 1.36. The molecule has 0 heterocycles. The zero-order valence-electron chi connectivity index (χ0n) is 21.0. The van der Waals surface area contributed by atoms with Crippen molar-refractivity contribution < 1.29 is 13.2 Å². The third kappa shape index (κ3) is 6.13. The number of benzene rings is 4. The molecule has 0 atom stereocenters. The van der Waals surface area contributed by atoms with E-state index in [2.05, 4.69) is 41.7 Å². The zero-order chi connectivity index (χ0) is 25.7. The average molecular weight is 501 g/mol. The molecule has 0 spiro atoms. The molecule has 5 nitrogen and oxygen atoms in total. The molecule has 0 unspecified atom stereocenters. The number of aryl methyl sites for hydroxylation is 3. The number of nitrogens with zero attached hydrogens (tertiary/aromatic N) is 1. The van der Waals surface area contributed by atoms with E-state index >= 15 is 0 Å². The summed E-state index contributed by atoms with van der Waals surface area (Å²) in [5.74, 6) is -0.131. The number of rotatable bonds is 9. The van der Waals surface area contributed by atoms with Crippen LogP contribution in [0.15, 0.2) is 84.9 Å². The van der Waals surface area contributed by atoms with Crippen LogP contribution in [0, 0.1) is 13.8 Å². The van der Waals surface area contributed by atoms with Crippen LogP contribution in [0.1, 0.15) is 39.0 Å². The van der Waals surface area contributed by atoms with Gasteiger partial charge in [0, 0.05) is 12.1 Å². The van der Waals surface area contributed by atoms with Gasteiger partial charge >= 0.3 is 0 Å². The lowest BCUT2D eigenvalue weighted by molar-refractivity contribution is 0.0953. The van der Waals surface area contributed by atoms with E-state index in [0.29, 0.717) is 17.8 Å². The number of anilines is 1. The fourth-order valence-electron chi connectivity index (χ4n) is 4.39. The summed E-state index contributed by atoms with van der Waals surface area (Å²) in [6.45, 7) is 4.63. The Kier molecular flexibility index (Phi) is 7.75. The monoisotopic (exact) mass is 500 g/mol. The molecule has 186 valence electrons. The normalized spacial score (nSPS) is 11.4. The molecule has 0 radical (unpaired) electrons. The van der Waals surface area contributed by atoms with Crippen LogP contribution in [0.2, 0.25) is 0 Å². The SMILES string of the molecule is Cc1ccc(C)c(N(Cc2ccc(C(=O)NCCCc3cccc4ccccc34)cc2)S(C)(=O)=O)c1. The van der Waals surface area contributed by atoms with Crippen LogP contribution >= 0.6 is 0 Å².